The molecule has 0 saturated heterocycles. The summed E-state index contributed by atoms with van der Waals surface area (Å²) in [5.74, 6) is 0. The number of para-hydroxylation sites is 3. The van der Waals surface area contributed by atoms with E-state index in [1.807, 2.05) is 0 Å². The standard InChI is InChI=1S/C47H37BN2O/c1-3-4-15-32-24-25-39(37(30-32)33-16-7-5-8-17-33)49-41-26-27-44-45(36-21-12-14-23-43(36)51-44)47(41)48-46-38(28-31(2)29-42(46)49)35-20-11-13-22-40(35)50(48)34-18-9-6-10-19-34/h5-14,16-30H,3-4,15H2,1-2H3. The predicted octanol–water partition coefficient (Wildman–Crippen LogP) is 11.6. The molecule has 0 fully saturated rings. The number of anilines is 5. The Balaban J connectivity index is 1.36. The van der Waals surface area contributed by atoms with Crippen LogP contribution in [0.5, 0.6) is 0 Å². The molecule has 10 rings (SSSR count). The number of aryl methyl sites for hydroxylation is 2. The van der Waals surface area contributed by atoms with Crippen LogP contribution in [0.4, 0.5) is 28.4 Å². The second-order valence-electron chi connectivity index (χ2n) is 14.0. The van der Waals surface area contributed by atoms with E-state index in [4.69, 9.17) is 4.42 Å². The number of hydrogen-bond acceptors (Lipinski definition) is 3. The smallest absolute Gasteiger partial charge is 0.333 e. The fourth-order valence-corrected chi connectivity index (χ4v) is 8.66. The van der Waals surface area contributed by atoms with Crippen LogP contribution in [-0.4, -0.2) is 6.85 Å². The summed E-state index contributed by atoms with van der Waals surface area (Å²) in [6, 6.07) is 55.7. The van der Waals surface area contributed by atoms with Crippen LogP contribution >= 0.6 is 0 Å². The molecule has 0 N–H and O–H groups in total. The second-order valence-corrected chi connectivity index (χ2v) is 14.0. The van der Waals surface area contributed by atoms with Crippen molar-refractivity contribution < 1.29 is 4.42 Å². The lowest BCUT2D eigenvalue weighted by Gasteiger charge is -2.46. The van der Waals surface area contributed by atoms with Gasteiger partial charge in [0.2, 0.25) is 0 Å². The van der Waals surface area contributed by atoms with Crippen molar-refractivity contribution in [3.63, 3.8) is 0 Å². The maximum Gasteiger partial charge on any atom is 0.333 e. The maximum absolute atomic E-state index is 6.63. The number of nitrogens with zero attached hydrogens (tertiary/aromatic N) is 2. The van der Waals surface area contributed by atoms with Gasteiger partial charge in [0.15, 0.2) is 0 Å². The zero-order valence-corrected chi connectivity index (χ0v) is 28.9. The number of unbranched alkanes of at least 4 members (excludes halogenated alkanes) is 1. The molecule has 3 nitrogen and oxygen atoms in total. The average Bonchev–Trinajstić information content (AvgIpc) is 3.57. The maximum atomic E-state index is 6.63. The molecule has 3 heterocycles. The number of rotatable bonds is 6. The fraction of sp³-hybridized carbons (Fsp3) is 0.106. The van der Waals surface area contributed by atoms with Gasteiger partial charge in [-0.2, -0.15) is 0 Å². The summed E-state index contributed by atoms with van der Waals surface area (Å²) >= 11 is 0. The van der Waals surface area contributed by atoms with Gasteiger partial charge in [-0.25, -0.2) is 0 Å². The van der Waals surface area contributed by atoms with Crippen molar-refractivity contribution in [3.05, 3.63) is 163 Å². The molecule has 0 atom stereocenters. The Morgan fingerprint density at radius 2 is 1.31 bits per heavy atom. The number of benzene rings is 7. The molecule has 0 saturated carbocycles. The van der Waals surface area contributed by atoms with E-state index in [-0.39, 0.29) is 6.85 Å². The van der Waals surface area contributed by atoms with Gasteiger partial charge in [-0.05, 0) is 108 Å². The van der Waals surface area contributed by atoms with Crippen LogP contribution in [0.25, 0.3) is 44.2 Å². The van der Waals surface area contributed by atoms with Crippen LogP contribution in [0.1, 0.15) is 30.9 Å². The summed E-state index contributed by atoms with van der Waals surface area (Å²) in [4.78, 5) is 5.13. The SMILES string of the molecule is CCCCc1ccc(N2c3cc(C)cc4c3B(c3c2ccc2oc5ccccc5c32)N(c2ccccc2)c2ccccc2-4)c(-c2ccccc2)c1. The molecule has 0 amide bonds. The molecule has 2 aliphatic rings. The molecular formula is C47H37BN2O. The second kappa shape index (κ2) is 11.8. The Hall–Kier alpha value is -6.00. The van der Waals surface area contributed by atoms with Crippen LogP contribution < -0.4 is 20.6 Å². The Morgan fingerprint density at radius 3 is 2.16 bits per heavy atom. The Labute approximate surface area is 299 Å². The molecule has 0 unspecified atom stereocenters. The van der Waals surface area contributed by atoms with Crippen molar-refractivity contribution in [3.8, 4) is 22.3 Å². The van der Waals surface area contributed by atoms with Gasteiger partial charge in [0.1, 0.15) is 11.2 Å². The van der Waals surface area contributed by atoms with Gasteiger partial charge >= 0.3 is 6.85 Å². The van der Waals surface area contributed by atoms with Gasteiger partial charge < -0.3 is 14.1 Å². The van der Waals surface area contributed by atoms with E-state index in [1.54, 1.807) is 0 Å². The Bertz CT molecular complexity index is 2610. The third-order valence-corrected chi connectivity index (χ3v) is 10.8. The molecular weight excluding hydrogens is 619 g/mol. The van der Waals surface area contributed by atoms with Crippen LogP contribution in [0.2, 0.25) is 0 Å². The van der Waals surface area contributed by atoms with Crippen molar-refractivity contribution in [2.24, 2.45) is 0 Å². The zero-order valence-electron chi connectivity index (χ0n) is 28.9. The normalized spacial score (nSPS) is 13.0. The molecule has 51 heavy (non-hydrogen) atoms. The van der Waals surface area contributed by atoms with Crippen molar-refractivity contribution in [2.75, 3.05) is 9.71 Å². The molecule has 0 spiro atoms. The largest absolute Gasteiger partial charge is 0.456 e. The first-order valence-electron chi connectivity index (χ1n) is 18.2. The van der Waals surface area contributed by atoms with Crippen molar-refractivity contribution >= 4 is 68.1 Å². The first-order chi connectivity index (χ1) is 25.2. The Morgan fingerprint density at radius 1 is 0.569 bits per heavy atom. The highest BCUT2D eigenvalue weighted by Gasteiger charge is 2.46. The molecule has 7 aromatic carbocycles. The van der Waals surface area contributed by atoms with Gasteiger partial charge in [0.25, 0.3) is 0 Å². The van der Waals surface area contributed by atoms with Gasteiger partial charge in [-0.15, -0.1) is 0 Å². The number of furan rings is 1. The molecule has 2 aliphatic heterocycles. The topological polar surface area (TPSA) is 19.6 Å². The van der Waals surface area contributed by atoms with Crippen LogP contribution in [0.15, 0.2) is 156 Å². The summed E-state index contributed by atoms with van der Waals surface area (Å²) in [6.07, 6.45) is 3.42. The summed E-state index contributed by atoms with van der Waals surface area (Å²) in [6.45, 7) is 4.42. The summed E-state index contributed by atoms with van der Waals surface area (Å²) in [7, 11) is 0. The van der Waals surface area contributed by atoms with E-state index in [2.05, 4.69) is 175 Å². The minimum absolute atomic E-state index is 0.0899. The lowest BCUT2D eigenvalue weighted by atomic mass is 9.42. The van der Waals surface area contributed by atoms with E-state index in [1.165, 1.54) is 91.0 Å². The molecule has 0 aliphatic carbocycles. The lowest BCUT2D eigenvalue weighted by molar-refractivity contribution is 0.669. The van der Waals surface area contributed by atoms with Crippen molar-refractivity contribution in [1.82, 2.24) is 0 Å². The number of fused-ring (bicyclic) bond motifs is 8. The molecule has 0 radical (unpaired) electrons. The molecule has 0 bridgehead atoms. The minimum atomic E-state index is -0.0899. The van der Waals surface area contributed by atoms with Crippen molar-refractivity contribution in [2.45, 2.75) is 33.1 Å². The highest BCUT2D eigenvalue weighted by atomic mass is 16.3. The lowest BCUT2D eigenvalue weighted by Crippen LogP contribution is -2.61. The Kier molecular flexibility index (Phi) is 6.92. The predicted molar refractivity (Wildman–Crippen MR) is 216 cm³/mol. The van der Waals surface area contributed by atoms with Crippen LogP contribution in [-0.2, 0) is 6.42 Å². The van der Waals surface area contributed by atoms with Gasteiger partial charge in [0, 0.05) is 44.6 Å². The van der Waals surface area contributed by atoms with E-state index < -0.39 is 0 Å². The van der Waals surface area contributed by atoms with Crippen LogP contribution in [0.3, 0.4) is 0 Å². The quantitative estimate of drug-likeness (QED) is 0.166. The summed E-state index contributed by atoms with van der Waals surface area (Å²) in [5.41, 5.74) is 18.0. The van der Waals surface area contributed by atoms with Gasteiger partial charge in [-0.1, -0.05) is 110 Å². The molecule has 244 valence electrons. The third kappa shape index (κ3) is 4.59. The highest BCUT2D eigenvalue weighted by molar-refractivity contribution is 6.95. The molecule has 1 aromatic heterocycles. The third-order valence-electron chi connectivity index (χ3n) is 10.8. The van der Waals surface area contributed by atoms with E-state index in [0.29, 0.717) is 0 Å². The molecule has 8 aromatic rings. The van der Waals surface area contributed by atoms with Crippen LogP contribution in [0, 0.1) is 6.92 Å². The molecule has 4 heteroatoms. The van der Waals surface area contributed by atoms with Crippen molar-refractivity contribution in [1.29, 1.82) is 0 Å². The van der Waals surface area contributed by atoms with E-state index in [9.17, 15) is 0 Å². The zero-order chi connectivity index (χ0) is 34.1. The van der Waals surface area contributed by atoms with Gasteiger partial charge in [-0.3, -0.25) is 0 Å². The van der Waals surface area contributed by atoms with E-state index >= 15 is 0 Å². The fourth-order valence-electron chi connectivity index (χ4n) is 8.66. The summed E-state index contributed by atoms with van der Waals surface area (Å²) < 4.78 is 6.63. The summed E-state index contributed by atoms with van der Waals surface area (Å²) in [5, 5.41) is 2.32. The van der Waals surface area contributed by atoms with E-state index in [0.717, 1.165) is 23.0 Å². The minimum Gasteiger partial charge on any atom is -0.456 e. The first-order valence-corrected chi connectivity index (χ1v) is 18.2. The first kappa shape index (κ1) is 29.9. The average molecular weight is 657 g/mol. The monoisotopic (exact) mass is 656 g/mol. The number of hydrogen-bond donors (Lipinski definition) is 0. The highest BCUT2D eigenvalue weighted by Crippen LogP contribution is 2.49. The van der Waals surface area contributed by atoms with Gasteiger partial charge in [0.05, 0.1) is 5.69 Å².